The Bertz CT molecular complexity index is 1330. The van der Waals surface area contributed by atoms with E-state index in [1.54, 1.807) is 39.5 Å². The number of carbonyl (C=O) groups excluding carboxylic acids is 3. The van der Waals surface area contributed by atoms with Crippen molar-refractivity contribution in [2.24, 2.45) is 0 Å². The molecule has 9 nitrogen and oxygen atoms in total. The number of amides is 3. The maximum atomic E-state index is 13.2. The van der Waals surface area contributed by atoms with Crippen molar-refractivity contribution in [1.82, 2.24) is 19.8 Å². The van der Waals surface area contributed by atoms with E-state index in [9.17, 15) is 19.5 Å². The summed E-state index contributed by atoms with van der Waals surface area (Å²) in [6, 6.07) is 11.8. The molecule has 3 heterocycles. The highest BCUT2D eigenvalue weighted by Crippen LogP contribution is 2.35. The number of benzene rings is 2. The molecule has 3 N–H and O–H groups in total. The minimum Gasteiger partial charge on any atom is -0.508 e. The van der Waals surface area contributed by atoms with Gasteiger partial charge in [-0.25, -0.2) is 5.48 Å². The lowest BCUT2D eigenvalue weighted by Gasteiger charge is -2.41. The summed E-state index contributed by atoms with van der Waals surface area (Å²) in [5.41, 5.74) is 5.91. The standard InChI is InChI=1S/C27H30N4O5/c1-2-12-29-16-25(33)31-15-24-20(4-3-5-23(31)27(29)35)21-13-19(32)10-11-22(21)30(24)14-17-6-8-18(9-7-17)26(34)28-36/h6-11,13,23,32,36H,2-5,12,14-16H2,1H3,(H,28,34). The molecule has 0 radical (unpaired) electrons. The van der Waals surface area contributed by atoms with Gasteiger partial charge in [-0.3, -0.25) is 19.6 Å². The summed E-state index contributed by atoms with van der Waals surface area (Å²) in [5, 5.41) is 20.1. The molecule has 9 heteroatoms. The van der Waals surface area contributed by atoms with Gasteiger partial charge in [-0.2, -0.15) is 0 Å². The number of aromatic hydroxyl groups is 1. The van der Waals surface area contributed by atoms with Crippen LogP contribution in [-0.2, 0) is 29.1 Å². The average molecular weight is 491 g/mol. The van der Waals surface area contributed by atoms with Crippen molar-refractivity contribution in [3.05, 3.63) is 64.8 Å². The minimum absolute atomic E-state index is 0.0259. The Labute approximate surface area is 208 Å². The molecule has 1 saturated heterocycles. The molecule has 0 bridgehead atoms. The zero-order valence-corrected chi connectivity index (χ0v) is 20.2. The smallest absolute Gasteiger partial charge is 0.274 e. The Morgan fingerprint density at radius 2 is 1.89 bits per heavy atom. The third-order valence-electron chi connectivity index (χ3n) is 7.27. The highest BCUT2D eigenvalue weighted by Gasteiger charge is 2.40. The van der Waals surface area contributed by atoms with Gasteiger partial charge in [0, 0.05) is 35.2 Å². The van der Waals surface area contributed by atoms with Crippen LogP contribution in [-0.4, -0.2) is 61.5 Å². The predicted molar refractivity (Wildman–Crippen MR) is 133 cm³/mol. The monoisotopic (exact) mass is 490 g/mol. The number of aromatic nitrogens is 1. The van der Waals surface area contributed by atoms with Crippen LogP contribution in [0.3, 0.4) is 0 Å². The molecule has 2 aliphatic rings. The Morgan fingerprint density at radius 3 is 2.61 bits per heavy atom. The van der Waals surface area contributed by atoms with E-state index in [1.807, 2.05) is 25.1 Å². The molecule has 0 saturated carbocycles. The first-order valence-corrected chi connectivity index (χ1v) is 12.4. The highest BCUT2D eigenvalue weighted by molar-refractivity contribution is 5.95. The molecule has 1 atom stereocenters. The Hall–Kier alpha value is -3.85. The van der Waals surface area contributed by atoms with Crippen LogP contribution >= 0.6 is 0 Å². The lowest BCUT2D eigenvalue weighted by molar-refractivity contribution is -0.157. The number of phenolic OH excluding ortho intramolecular Hbond substituents is 1. The molecule has 1 aromatic heterocycles. The highest BCUT2D eigenvalue weighted by atomic mass is 16.5. The number of hydrogen-bond acceptors (Lipinski definition) is 5. The Morgan fingerprint density at radius 1 is 1.11 bits per heavy atom. The summed E-state index contributed by atoms with van der Waals surface area (Å²) in [6.45, 7) is 3.51. The summed E-state index contributed by atoms with van der Waals surface area (Å²) in [7, 11) is 0. The fraction of sp³-hybridized carbons (Fsp3) is 0.370. The second-order valence-corrected chi connectivity index (χ2v) is 9.54. The van der Waals surface area contributed by atoms with Crippen molar-refractivity contribution < 1.29 is 24.7 Å². The molecule has 3 aromatic rings. The van der Waals surface area contributed by atoms with Crippen LogP contribution in [0.4, 0.5) is 0 Å². The Kier molecular flexibility index (Phi) is 6.40. The number of nitrogens with one attached hydrogen (secondary N) is 1. The number of fused-ring (bicyclic) bond motifs is 4. The minimum atomic E-state index is -0.579. The fourth-order valence-corrected chi connectivity index (χ4v) is 5.53. The molecule has 1 unspecified atom stereocenters. The van der Waals surface area contributed by atoms with E-state index in [0.29, 0.717) is 31.6 Å². The molecule has 5 rings (SSSR count). The van der Waals surface area contributed by atoms with Crippen molar-refractivity contribution >= 4 is 28.6 Å². The van der Waals surface area contributed by atoms with Crippen LogP contribution in [0.15, 0.2) is 42.5 Å². The van der Waals surface area contributed by atoms with Crippen LogP contribution in [0, 0.1) is 0 Å². The van der Waals surface area contributed by atoms with Crippen molar-refractivity contribution in [1.29, 1.82) is 0 Å². The van der Waals surface area contributed by atoms with Crippen molar-refractivity contribution in [3.63, 3.8) is 0 Å². The summed E-state index contributed by atoms with van der Waals surface area (Å²) in [4.78, 5) is 41.6. The van der Waals surface area contributed by atoms with Crippen LogP contribution in [0.25, 0.3) is 10.9 Å². The number of phenols is 1. The van der Waals surface area contributed by atoms with Gasteiger partial charge in [0.2, 0.25) is 11.8 Å². The number of nitrogens with zero attached hydrogens (tertiary/aromatic N) is 3. The number of piperazine rings is 1. The summed E-state index contributed by atoms with van der Waals surface area (Å²) < 4.78 is 2.14. The third kappa shape index (κ3) is 4.19. The molecule has 188 valence electrons. The van der Waals surface area contributed by atoms with Crippen LogP contribution in [0.2, 0.25) is 0 Å². The van der Waals surface area contributed by atoms with Gasteiger partial charge in [0.1, 0.15) is 11.8 Å². The first kappa shape index (κ1) is 23.9. The number of aryl methyl sites for hydroxylation is 1. The summed E-state index contributed by atoms with van der Waals surface area (Å²) in [5.74, 6) is -0.413. The quantitative estimate of drug-likeness (QED) is 0.376. The SMILES string of the molecule is CCCN1CC(=O)N2Cc3c(c4cc(O)ccc4n3Cc3ccc(C(=O)NO)cc3)CCCC2C1=O. The normalized spacial score (nSPS) is 18.0. The first-order valence-electron chi connectivity index (χ1n) is 12.4. The van der Waals surface area contributed by atoms with Crippen LogP contribution in [0.5, 0.6) is 5.75 Å². The number of rotatable bonds is 5. The van der Waals surface area contributed by atoms with E-state index in [-0.39, 0.29) is 24.1 Å². The van der Waals surface area contributed by atoms with Crippen molar-refractivity contribution in [3.8, 4) is 5.75 Å². The van der Waals surface area contributed by atoms with E-state index in [1.165, 1.54) is 0 Å². The van der Waals surface area contributed by atoms with Crippen LogP contribution in [0.1, 0.15) is 53.4 Å². The maximum absolute atomic E-state index is 13.2. The van der Waals surface area contributed by atoms with Gasteiger partial charge < -0.3 is 19.5 Å². The van der Waals surface area contributed by atoms with E-state index < -0.39 is 11.9 Å². The summed E-state index contributed by atoms with van der Waals surface area (Å²) >= 11 is 0. The second kappa shape index (κ2) is 9.66. The van der Waals surface area contributed by atoms with Crippen molar-refractivity contribution in [2.45, 2.75) is 51.7 Å². The lowest BCUT2D eigenvalue weighted by atomic mass is 9.95. The van der Waals surface area contributed by atoms with Crippen molar-refractivity contribution in [2.75, 3.05) is 13.1 Å². The largest absolute Gasteiger partial charge is 0.508 e. The molecule has 2 aliphatic heterocycles. The number of hydroxylamine groups is 1. The molecule has 1 fully saturated rings. The Balaban J connectivity index is 1.56. The van der Waals surface area contributed by atoms with Gasteiger partial charge in [0.15, 0.2) is 0 Å². The van der Waals surface area contributed by atoms with E-state index >= 15 is 0 Å². The summed E-state index contributed by atoms with van der Waals surface area (Å²) in [6.07, 6.45) is 2.93. The maximum Gasteiger partial charge on any atom is 0.274 e. The predicted octanol–water partition coefficient (Wildman–Crippen LogP) is 2.80. The number of hydrogen-bond donors (Lipinski definition) is 3. The average Bonchev–Trinajstić information content (AvgIpc) is 3.12. The van der Waals surface area contributed by atoms with Gasteiger partial charge in [0.25, 0.3) is 5.91 Å². The molecule has 3 amide bonds. The third-order valence-corrected chi connectivity index (χ3v) is 7.27. The van der Waals surface area contributed by atoms with E-state index in [4.69, 9.17) is 5.21 Å². The van der Waals surface area contributed by atoms with Gasteiger partial charge in [-0.1, -0.05) is 19.1 Å². The molecular weight excluding hydrogens is 460 g/mol. The van der Waals surface area contributed by atoms with E-state index in [2.05, 4.69) is 4.57 Å². The lowest BCUT2D eigenvalue weighted by Crippen LogP contribution is -2.60. The van der Waals surface area contributed by atoms with Gasteiger partial charge in [-0.05, 0) is 67.1 Å². The second-order valence-electron chi connectivity index (χ2n) is 9.54. The zero-order chi connectivity index (χ0) is 25.4. The van der Waals surface area contributed by atoms with E-state index in [0.717, 1.165) is 47.0 Å². The molecule has 2 aromatic carbocycles. The molecule has 36 heavy (non-hydrogen) atoms. The molecule has 0 spiro atoms. The number of carbonyl (C=O) groups is 3. The fourth-order valence-electron chi connectivity index (χ4n) is 5.53. The van der Waals surface area contributed by atoms with Gasteiger partial charge in [-0.15, -0.1) is 0 Å². The topological polar surface area (TPSA) is 115 Å². The van der Waals surface area contributed by atoms with Crippen LogP contribution < -0.4 is 5.48 Å². The van der Waals surface area contributed by atoms with Gasteiger partial charge >= 0.3 is 0 Å². The molecular formula is C27H30N4O5. The zero-order valence-electron chi connectivity index (χ0n) is 20.2. The van der Waals surface area contributed by atoms with Gasteiger partial charge in [0.05, 0.1) is 13.1 Å². The first-order chi connectivity index (χ1) is 17.4. The molecule has 0 aliphatic carbocycles.